The zero-order valence-corrected chi connectivity index (χ0v) is 10.3. The molecule has 2 N–H and O–H groups in total. The average molecular weight is 291 g/mol. The lowest BCUT2D eigenvalue weighted by Crippen LogP contribution is -2.15. The normalized spacial score (nSPS) is 12.0. The van der Waals surface area contributed by atoms with Crippen LogP contribution in [0.1, 0.15) is 5.82 Å². The van der Waals surface area contributed by atoms with E-state index in [1.807, 2.05) is 0 Å². The molecule has 0 aliphatic heterocycles. The van der Waals surface area contributed by atoms with Crippen molar-refractivity contribution < 1.29 is 23.0 Å². The van der Waals surface area contributed by atoms with Crippen molar-refractivity contribution in [1.29, 1.82) is 0 Å². The summed E-state index contributed by atoms with van der Waals surface area (Å²) in [5, 5.41) is 21.6. The minimum absolute atomic E-state index is 0.0133. The van der Waals surface area contributed by atoms with E-state index in [-0.39, 0.29) is 24.7 Å². The summed E-state index contributed by atoms with van der Waals surface area (Å²) in [6.07, 6.45) is -4.62. The van der Waals surface area contributed by atoms with E-state index in [9.17, 15) is 13.2 Å². The highest BCUT2D eigenvalue weighted by molar-refractivity contribution is 5.44. The van der Waals surface area contributed by atoms with Gasteiger partial charge in [-0.1, -0.05) is 0 Å². The first-order chi connectivity index (χ1) is 9.52. The number of rotatable bonds is 6. The lowest BCUT2D eigenvalue weighted by atomic mass is 10.5. The number of hydrogen-bond acceptors (Lipinski definition) is 6. The number of aromatic nitrogens is 4. The Hall–Kier alpha value is -1.94. The molecule has 2 aromatic rings. The number of ether oxygens (including phenoxy) is 1. The van der Waals surface area contributed by atoms with Gasteiger partial charge in [0.05, 0.1) is 19.8 Å². The Morgan fingerprint density at radius 3 is 2.75 bits per heavy atom. The van der Waals surface area contributed by atoms with Crippen molar-refractivity contribution in [3.63, 3.8) is 0 Å². The molecule has 2 rings (SSSR count). The Morgan fingerprint density at radius 2 is 2.05 bits per heavy atom. The van der Waals surface area contributed by atoms with E-state index >= 15 is 0 Å². The van der Waals surface area contributed by atoms with Crippen molar-refractivity contribution in [1.82, 2.24) is 19.8 Å². The number of nitrogens with zero attached hydrogens (tertiary/aromatic N) is 4. The number of nitrogens with one attached hydrogen (secondary N) is 1. The van der Waals surface area contributed by atoms with E-state index in [1.54, 1.807) is 0 Å². The van der Waals surface area contributed by atoms with Gasteiger partial charge in [0.25, 0.3) is 5.82 Å². The highest BCUT2D eigenvalue weighted by Gasteiger charge is 2.37. The van der Waals surface area contributed by atoms with Crippen LogP contribution in [0, 0.1) is 0 Å². The maximum atomic E-state index is 12.6. The lowest BCUT2D eigenvalue weighted by Gasteiger charge is -2.07. The number of halogens is 3. The summed E-state index contributed by atoms with van der Waals surface area (Å²) in [6.45, 7) is 0.772. The van der Waals surface area contributed by atoms with Crippen LogP contribution < -0.4 is 5.32 Å². The fourth-order valence-electron chi connectivity index (χ4n) is 1.48. The van der Waals surface area contributed by atoms with E-state index in [0.29, 0.717) is 17.7 Å². The summed E-state index contributed by atoms with van der Waals surface area (Å²) in [4.78, 5) is 0. The van der Waals surface area contributed by atoms with Gasteiger partial charge in [0, 0.05) is 6.54 Å². The van der Waals surface area contributed by atoms with Gasteiger partial charge in [-0.25, -0.2) is 0 Å². The fraction of sp³-hybridized carbons (Fsp3) is 0.500. The Balaban J connectivity index is 2.08. The summed E-state index contributed by atoms with van der Waals surface area (Å²) in [5.41, 5.74) is 0.0133. The van der Waals surface area contributed by atoms with Crippen molar-refractivity contribution in [2.24, 2.45) is 0 Å². The van der Waals surface area contributed by atoms with Crippen LogP contribution in [0.2, 0.25) is 0 Å². The predicted molar refractivity (Wildman–Crippen MR) is 62.2 cm³/mol. The third-order valence-corrected chi connectivity index (χ3v) is 2.30. The van der Waals surface area contributed by atoms with Crippen LogP contribution in [0.15, 0.2) is 12.1 Å². The number of anilines is 1. The molecule has 0 atom stereocenters. The summed E-state index contributed by atoms with van der Waals surface area (Å²) < 4.78 is 43.6. The van der Waals surface area contributed by atoms with Gasteiger partial charge < -0.3 is 15.2 Å². The van der Waals surface area contributed by atoms with Crippen LogP contribution in [0.4, 0.5) is 19.0 Å². The Kier molecular flexibility index (Phi) is 4.35. The largest absolute Gasteiger partial charge is 0.453 e. The zero-order chi connectivity index (χ0) is 14.6. The standard InChI is InChI=1S/C10H12F3N5O2/c11-10(12,13)9-16-15-8-2-1-7(17-18(8)9)14-3-5-20-6-4-19/h1-2,19H,3-6H2,(H,14,17). The van der Waals surface area contributed by atoms with Crippen molar-refractivity contribution >= 4 is 11.5 Å². The molecule has 0 aliphatic rings. The van der Waals surface area contributed by atoms with Gasteiger partial charge >= 0.3 is 6.18 Å². The molecule has 0 saturated heterocycles. The van der Waals surface area contributed by atoms with Crippen LogP contribution in [0.25, 0.3) is 5.65 Å². The third kappa shape index (κ3) is 3.33. The second-order valence-corrected chi connectivity index (χ2v) is 3.77. The van der Waals surface area contributed by atoms with Crippen LogP contribution >= 0.6 is 0 Å². The fourth-order valence-corrected chi connectivity index (χ4v) is 1.48. The molecule has 0 bridgehead atoms. The molecule has 2 heterocycles. The first-order valence-electron chi connectivity index (χ1n) is 5.74. The number of hydrogen-bond donors (Lipinski definition) is 2. The van der Waals surface area contributed by atoms with Crippen LogP contribution in [0.3, 0.4) is 0 Å². The van der Waals surface area contributed by atoms with Crippen LogP contribution in [-0.4, -0.2) is 51.3 Å². The van der Waals surface area contributed by atoms with Crippen molar-refractivity contribution in [3.8, 4) is 0 Å². The Labute approximate surface area is 111 Å². The lowest BCUT2D eigenvalue weighted by molar-refractivity contribution is -0.146. The summed E-state index contributed by atoms with van der Waals surface area (Å²) in [5.74, 6) is -0.928. The SMILES string of the molecule is OCCOCCNc1ccc2nnc(C(F)(F)F)n2n1. The number of fused-ring (bicyclic) bond motifs is 1. The molecular weight excluding hydrogens is 279 g/mol. The van der Waals surface area contributed by atoms with Crippen LogP contribution in [-0.2, 0) is 10.9 Å². The summed E-state index contributed by atoms with van der Waals surface area (Å²) in [6, 6.07) is 2.88. The second kappa shape index (κ2) is 6.01. The molecule has 20 heavy (non-hydrogen) atoms. The average Bonchev–Trinajstić information content (AvgIpc) is 2.81. The monoisotopic (exact) mass is 291 g/mol. The first kappa shape index (κ1) is 14.5. The van der Waals surface area contributed by atoms with Gasteiger partial charge in [-0.15, -0.1) is 15.3 Å². The van der Waals surface area contributed by atoms with E-state index in [0.717, 1.165) is 0 Å². The Bertz CT molecular complexity index is 572. The first-order valence-corrected chi connectivity index (χ1v) is 5.74. The highest BCUT2D eigenvalue weighted by Crippen LogP contribution is 2.27. The maximum Gasteiger partial charge on any atom is 0.453 e. The minimum Gasteiger partial charge on any atom is -0.394 e. The molecule has 0 fully saturated rings. The topological polar surface area (TPSA) is 84.6 Å². The molecule has 0 unspecified atom stereocenters. The van der Waals surface area contributed by atoms with Crippen molar-refractivity contribution in [3.05, 3.63) is 18.0 Å². The zero-order valence-electron chi connectivity index (χ0n) is 10.3. The summed E-state index contributed by atoms with van der Waals surface area (Å²) >= 11 is 0. The third-order valence-electron chi connectivity index (χ3n) is 2.30. The molecule has 10 heteroatoms. The Morgan fingerprint density at radius 1 is 1.25 bits per heavy atom. The molecule has 0 spiro atoms. The molecule has 0 saturated carbocycles. The van der Waals surface area contributed by atoms with E-state index in [4.69, 9.17) is 9.84 Å². The van der Waals surface area contributed by atoms with Crippen LogP contribution in [0.5, 0.6) is 0 Å². The van der Waals surface area contributed by atoms with Crippen molar-refractivity contribution in [2.45, 2.75) is 6.18 Å². The molecule has 0 amide bonds. The molecular formula is C10H12F3N5O2. The number of aliphatic hydroxyl groups excluding tert-OH is 1. The molecule has 0 radical (unpaired) electrons. The molecule has 0 aromatic carbocycles. The molecule has 0 aliphatic carbocycles. The van der Waals surface area contributed by atoms with Gasteiger partial charge in [0.2, 0.25) is 0 Å². The van der Waals surface area contributed by atoms with E-state index in [1.165, 1.54) is 12.1 Å². The number of aliphatic hydroxyl groups is 1. The van der Waals surface area contributed by atoms with Gasteiger partial charge in [-0.3, -0.25) is 0 Å². The second-order valence-electron chi connectivity index (χ2n) is 3.77. The molecule has 2 aromatic heterocycles. The van der Waals surface area contributed by atoms with Gasteiger partial charge in [-0.05, 0) is 12.1 Å². The smallest absolute Gasteiger partial charge is 0.394 e. The molecule has 7 nitrogen and oxygen atoms in total. The minimum atomic E-state index is -4.62. The van der Waals surface area contributed by atoms with E-state index < -0.39 is 12.0 Å². The van der Waals surface area contributed by atoms with Gasteiger partial charge in [-0.2, -0.15) is 17.7 Å². The van der Waals surface area contributed by atoms with E-state index in [2.05, 4.69) is 20.6 Å². The van der Waals surface area contributed by atoms with Gasteiger partial charge in [0.1, 0.15) is 5.82 Å². The highest BCUT2D eigenvalue weighted by atomic mass is 19.4. The quantitative estimate of drug-likeness (QED) is 0.757. The molecule has 110 valence electrons. The predicted octanol–water partition coefficient (Wildman–Crippen LogP) is 0.564. The number of alkyl halides is 3. The maximum absolute atomic E-state index is 12.6. The van der Waals surface area contributed by atoms with Crippen molar-refractivity contribution in [2.75, 3.05) is 31.7 Å². The van der Waals surface area contributed by atoms with Gasteiger partial charge in [0.15, 0.2) is 5.65 Å². The summed E-state index contributed by atoms with van der Waals surface area (Å²) in [7, 11) is 0.